The summed E-state index contributed by atoms with van der Waals surface area (Å²) in [6, 6.07) is 3.05. The lowest BCUT2D eigenvalue weighted by Gasteiger charge is -2.04. The molecule has 3 N–H and O–H groups in total. The maximum atomic E-state index is 13.6. The lowest BCUT2D eigenvalue weighted by Crippen LogP contribution is -2.06. The Hall–Kier alpha value is -1.42. The number of nitrogens with two attached hydrogens (primary N) is 1. The Kier molecular flexibility index (Phi) is 3.05. The molecule has 0 unspecified atom stereocenters. The standard InChI is InChI=1S/C11H8FIN4OS/c12-6-1-9-8(2-7(6)13)16-10(14)17(9)3-5-4-19-11(18)15-5/h1-2,4H,3H2,(H2,14,16)(H,15,18). The van der Waals surface area contributed by atoms with E-state index in [0.29, 0.717) is 27.1 Å². The number of hydrogen-bond donors (Lipinski definition) is 2. The molecule has 0 radical (unpaired) electrons. The minimum atomic E-state index is -0.312. The predicted molar refractivity (Wildman–Crippen MR) is 80.9 cm³/mol. The number of anilines is 1. The van der Waals surface area contributed by atoms with Crippen molar-refractivity contribution in [2.75, 3.05) is 5.73 Å². The SMILES string of the molecule is Nc1nc2cc(I)c(F)cc2n1Cc1csc(=O)[nH]1. The number of nitrogens with one attached hydrogen (secondary N) is 1. The molecule has 3 rings (SSSR count). The van der Waals surface area contributed by atoms with E-state index in [1.54, 1.807) is 16.0 Å². The van der Waals surface area contributed by atoms with Gasteiger partial charge in [0.1, 0.15) is 5.82 Å². The van der Waals surface area contributed by atoms with Gasteiger partial charge in [0.15, 0.2) is 0 Å². The van der Waals surface area contributed by atoms with Gasteiger partial charge >= 0.3 is 4.87 Å². The van der Waals surface area contributed by atoms with Gasteiger partial charge in [-0.25, -0.2) is 9.37 Å². The molecule has 98 valence electrons. The predicted octanol–water partition coefficient (Wildman–Crippen LogP) is 2.16. The van der Waals surface area contributed by atoms with Gasteiger partial charge in [-0.05, 0) is 28.7 Å². The number of rotatable bonds is 2. The number of aromatic nitrogens is 3. The van der Waals surface area contributed by atoms with Crippen LogP contribution in [0.25, 0.3) is 11.0 Å². The number of benzene rings is 1. The fourth-order valence-corrected chi connectivity index (χ4v) is 2.89. The van der Waals surface area contributed by atoms with Gasteiger partial charge in [-0.1, -0.05) is 11.3 Å². The molecule has 5 nitrogen and oxygen atoms in total. The molecule has 0 bridgehead atoms. The van der Waals surface area contributed by atoms with Crippen LogP contribution in [0.1, 0.15) is 5.69 Å². The first kappa shape index (κ1) is 12.6. The van der Waals surface area contributed by atoms with Crippen molar-refractivity contribution in [1.29, 1.82) is 0 Å². The number of aromatic amines is 1. The lowest BCUT2D eigenvalue weighted by molar-refractivity contribution is 0.621. The zero-order valence-corrected chi connectivity index (χ0v) is 12.5. The fourth-order valence-electron chi connectivity index (χ4n) is 1.87. The van der Waals surface area contributed by atoms with Crippen molar-refractivity contribution >= 4 is 50.9 Å². The van der Waals surface area contributed by atoms with Gasteiger partial charge in [0, 0.05) is 17.1 Å². The smallest absolute Gasteiger partial charge is 0.304 e. The van der Waals surface area contributed by atoms with Crippen LogP contribution in [0.15, 0.2) is 22.3 Å². The van der Waals surface area contributed by atoms with Gasteiger partial charge in [-0.3, -0.25) is 4.79 Å². The Morgan fingerprint density at radius 3 is 3.00 bits per heavy atom. The van der Waals surface area contributed by atoms with Crippen molar-refractivity contribution in [3.8, 4) is 0 Å². The van der Waals surface area contributed by atoms with Crippen LogP contribution in [-0.4, -0.2) is 14.5 Å². The van der Waals surface area contributed by atoms with Crippen molar-refractivity contribution in [1.82, 2.24) is 14.5 Å². The summed E-state index contributed by atoms with van der Waals surface area (Å²) in [5, 5.41) is 1.72. The quantitative estimate of drug-likeness (QED) is 0.659. The summed E-state index contributed by atoms with van der Waals surface area (Å²) >= 11 is 2.99. The van der Waals surface area contributed by atoms with E-state index in [1.165, 1.54) is 6.07 Å². The minimum absolute atomic E-state index is 0.126. The van der Waals surface area contributed by atoms with Crippen molar-refractivity contribution in [3.63, 3.8) is 0 Å². The van der Waals surface area contributed by atoms with Crippen molar-refractivity contribution in [2.24, 2.45) is 0 Å². The topological polar surface area (TPSA) is 76.7 Å². The summed E-state index contributed by atoms with van der Waals surface area (Å²) in [6.45, 7) is 0.362. The van der Waals surface area contributed by atoms with Crippen LogP contribution in [0.3, 0.4) is 0 Å². The molecule has 2 aromatic heterocycles. The van der Waals surface area contributed by atoms with Crippen LogP contribution in [0.2, 0.25) is 0 Å². The van der Waals surface area contributed by atoms with E-state index in [4.69, 9.17) is 5.73 Å². The molecule has 0 saturated carbocycles. The third-order valence-corrected chi connectivity index (χ3v) is 4.26. The Morgan fingerprint density at radius 2 is 2.32 bits per heavy atom. The van der Waals surface area contributed by atoms with Crippen molar-refractivity contribution in [2.45, 2.75) is 6.54 Å². The van der Waals surface area contributed by atoms with E-state index in [9.17, 15) is 9.18 Å². The summed E-state index contributed by atoms with van der Waals surface area (Å²) in [5.74, 6) is -0.0171. The molecule has 19 heavy (non-hydrogen) atoms. The number of hydrogen-bond acceptors (Lipinski definition) is 4. The number of H-pyrrole nitrogens is 1. The third kappa shape index (κ3) is 2.25. The average Bonchev–Trinajstić information content (AvgIpc) is 2.87. The maximum Gasteiger partial charge on any atom is 0.304 e. The van der Waals surface area contributed by atoms with Crippen molar-refractivity contribution in [3.05, 3.63) is 42.3 Å². The van der Waals surface area contributed by atoms with Gasteiger partial charge in [0.25, 0.3) is 0 Å². The first-order valence-electron chi connectivity index (χ1n) is 5.32. The van der Waals surface area contributed by atoms with Crippen molar-refractivity contribution < 1.29 is 4.39 Å². The number of imidazole rings is 1. The van der Waals surface area contributed by atoms with E-state index in [1.807, 2.05) is 22.6 Å². The molecule has 0 aliphatic rings. The second kappa shape index (κ2) is 4.60. The Labute approximate surface area is 124 Å². The van der Waals surface area contributed by atoms with E-state index in [2.05, 4.69) is 9.97 Å². The highest BCUT2D eigenvalue weighted by atomic mass is 127. The third-order valence-electron chi connectivity index (χ3n) is 2.72. The van der Waals surface area contributed by atoms with E-state index in [-0.39, 0.29) is 10.7 Å². The summed E-state index contributed by atoms with van der Waals surface area (Å²) in [6.07, 6.45) is 0. The number of nitrogen functional groups attached to an aromatic ring is 1. The molecule has 8 heteroatoms. The van der Waals surface area contributed by atoms with E-state index >= 15 is 0 Å². The maximum absolute atomic E-state index is 13.6. The van der Waals surface area contributed by atoms with Crippen LogP contribution < -0.4 is 10.6 Å². The number of nitrogens with zero attached hydrogens (tertiary/aromatic N) is 2. The fraction of sp³-hybridized carbons (Fsp3) is 0.0909. The Morgan fingerprint density at radius 1 is 1.53 bits per heavy atom. The molecule has 0 amide bonds. The molecule has 0 fully saturated rings. The first-order chi connectivity index (χ1) is 9.04. The number of thiazole rings is 1. The van der Waals surface area contributed by atoms with E-state index in [0.717, 1.165) is 17.0 Å². The van der Waals surface area contributed by atoms with Crippen LogP contribution in [0.4, 0.5) is 10.3 Å². The second-order valence-corrected chi connectivity index (χ2v) is 5.99. The van der Waals surface area contributed by atoms with Crippen LogP contribution in [0, 0.1) is 9.39 Å². The van der Waals surface area contributed by atoms with Gasteiger partial charge in [0.05, 0.1) is 21.1 Å². The Bertz CT molecular complexity index is 822. The second-order valence-electron chi connectivity index (χ2n) is 3.98. The molecule has 0 atom stereocenters. The zero-order valence-electron chi connectivity index (χ0n) is 9.48. The van der Waals surface area contributed by atoms with Crippen LogP contribution >= 0.6 is 33.9 Å². The summed E-state index contributed by atoms with van der Waals surface area (Å²) < 4.78 is 15.8. The monoisotopic (exact) mass is 390 g/mol. The van der Waals surface area contributed by atoms with Crippen LogP contribution in [0.5, 0.6) is 0 Å². The highest BCUT2D eigenvalue weighted by Gasteiger charge is 2.12. The number of halogens is 2. The molecule has 1 aromatic carbocycles. The normalized spacial score (nSPS) is 11.3. The van der Waals surface area contributed by atoms with Gasteiger partial charge in [0.2, 0.25) is 5.95 Å². The number of fused-ring (bicyclic) bond motifs is 1. The van der Waals surface area contributed by atoms with E-state index < -0.39 is 0 Å². The molecule has 0 aliphatic heterocycles. The lowest BCUT2D eigenvalue weighted by atomic mass is 10.3. The van der Waals surface area contributed by atoms with Crippen LogP contribution in [-0.2, 0) is 6.54 Å². The molecular weight excluding hydrogens is 382 g/mol. The molecule has 2 heterocycles. The largest absolute Gasteiger partial charge is 0.369 e. The summed E-state index contributed by atoms with van der Waals surface area (Å²) in [4.78, 5) is 17.9. The van der Waals surface area contributed by atoms with Gasteiger partial charge in [-0.15, -0.1) is 0 Å². The summed E-state index contributed by atoms with van der Waals surface area (Å²) in [7, 11) is 0. The molecule has 0 aliphatic carbocycles. The average molecular weight is 390 g/mol. The van der Waals surface area contributed by atoms with Gasteiger partial charge < -0.3 is 15.3 Å². The molecule has 3 aromatic rings. The summed E-state index contributed by atoms with van der Waals surface area (Å²) in [5.41, 5.74) is 7.82. The first-order valence-corrected chi connectivity index (χ1v) is 7.28. The molecule has 0 saturated heterocycles. The molecular formula is C11H8FIN4OS. The minimum Gasteiger partial charge on any atom is -0.369 e. The van der Waals surface area contributed by atoms with Gasteiger partial charge in [-0.2, -0.15) is 0 Å². The Balaban J connectivity index is 2.14. The zero-order chi connectivity index (χ0) is 13.6. The highest BCUT2D eigenvalue weighted by molar-refractivity contribution is 14.1. The molecule has 0 spiro atoms. The highest BCUT2D eigenvalue weighted by Crippen LogP contribution is 2.23.